The number of rotatable bonds is 1. The van der Waals surface area contributed by atoms with Crippen molar-refractivity contribution in [1.82, 2.24) is 0 Å². The van der Waals surface area contributed by atoms with Crippen LogP contribution in [0.25, 0.3) is 0 Å². The number of halogens is 2. The molecule has 1 rings (SSSR count). The van der Waals surface area contributed by atoms with Crippen molar-refractivity contribution in [2.75, 3.05) is 0 Å². The molecule has 3 heteroatoms. The summed E-state index contributed by atoms with van der Waals surface area (Å²) in [5, 5.41) is 1.24. The predicted molar refractivity (Wildman–Crippen MR) is 55.0 cm³/mol. The van der Waals surface area contributed by atoms with Crippen LogP contribution < -0.4 is 0 Å². The highest BCUT2D eigenvalue weighted by atomic mass is 35.5. The molecule has 0 radical (unpaired) electrons. The molecule has 0 amide bonds. The second-order valence-electron chi connectivity index (χ2n) is 2.44. The van der Waals surface area contributed by atoms with Gasteiger partial charge >= 0.3 is 0 Å². The Hall–Kier alpha value is -0.530. The van der Waals surface area contributed by atoms with Gasteiger partial charge in [0.1, 0.15) is 0 Å². The minimum Gasteiger partial charge on any atom is -0.260 e. The standard InChI is InChI=1S/C9H9Cl2N/c1-3-12-9-6(2)4-7(10)5-8(9)11/h3-5H,1-2H3. The average molecular weight is 202 g/mol. The van der Waals surface area contributed by atoms with Crippen molar-refractivity contribution in [2.24, 2.45) is 4.99 Å². The Labute approximate surface area is 82.0 Å². The molecule has 1 aromatic rings. The smallest absolute Gasteiger partial charge is 0.0841 e. The highest BCUT2D eigenvalue weighted by Gasteiger charge is 2.02. The Balaban J connectivity index is 3.28. The van der Waals surface area contributed by atoms with Gasteiger partial charge < -0.3 is 0 Å². The highest BCUT2D eigenvalue weighted by Crippen LogP contribution is 2.31. The summed E-state index contributed by atoms with van der Waals surface area (Å²) in [6.45, 7) is 3.78. The van der Waals surface area contributed by atoms with Crippen LogP contribution in [0, 0.1) is 6.92 Å². The normalized spacial score (nSPS) is 11.0. The SMILES string of the molecule is CC=Nc1c(C)cc(Cl)cc1Cl. The first-order chi connectivity index (χ1) is 5.65. The largest absolute Gasteiger partial charge is 0.260 e. The van der Waals surface area contributed by atoms with Crippen LogP contribution in [0.3, 0.4) is 0 Å². The van der Waals surface area contributed by atoms with E-state index in [1.165, 1.54) is 0 Å². The van der Waals surface area contributed by atoms with E-state index in [2.05, 4.69) is 4.99 Å². The molecule has 0 aliphatic rings. The van der Waals surface area contributed by atoms with Gasteiger partial charge in [0.05, 0.1) is 10.7 Å². The van der Waals surface area contributed by atoms with Gasteiger partial charge in [-0.25, -0.2) is 0 Å². The van der Waals surface area contributed by atoms with Gasteiger partial charge in [0.15, 0.2) is 0 Å². The second kappa shape index (κ2) is 3.92. The highest BCUT2D eigenvalue weighted by molar-refractivity contribution is 6.36. The monoisotopic (exact) mass is 201 g/mol. The fraction of sp³-hybridized carbons (Fsp3) is 0.222. The summed E-state index contributed by atoms with van der Waals surface area (Å²) in [4.78, 5) is 4.13. The van der Waals surface area contributed by atoms with Crippen molar-refractivity contribution in [3.63, 3.8) is 0 Å². The lowest BCUT2D eigenvalue weighted by Gasteiger charge is -2.02. The molecule has 0 aliphatic heterocycles. The Morgan fingerprint density at radius 3 is 2.50 bits per heavy atom. The summed E-state index contributed by atoms with van der Waals surface area (Å²) in [7, 11) is 0. The van der Waals surface area contributed by atoms with E-state index in [-0.39, 0.29) is 0 Å². The van der Waals surface area contributed by atoms with Crippen LogP contribution >= 0.6 is 23.2 Å². The molecule has 0 spiro atoms. The molecule has 0 atom stereocenters. The zero-order valence-corrected chi connectivity index (χ0v) is 8.45. The van der Waals surface area contributed by atoms with Crippen molar-refractivity contribution in [1.29, 1.82) is 0 Å². The van der Waals surface area contributed by atoms with Crippen molar-refractivity contribution in [3.8, 4) is 0 Å². The molecule has 0 unspecified atom stereocenters. The third kappa shape index (κ3) is 1.99. The molecule has 0 saturated carbocycles. The molecule has 0 N–H and O–H groups in total. The molecule has 0 aromatic heterocycles. The molecule has 1 nitrogen and oxygen atoms in total. The first kappa shape index (κ1) is 9.56. The second-order valence-corrected chi connectivity index (χ2v) is 3.28. The van der Waals surface area contributed by atoms with Crippen LogP contribution in [0.15, 0.2) is 17.1 Å². The molecule has 12 heavy (non-hydrogen) atoms. The van der Waals surface area contributed by atoms with E-state index in [1.807, 2.05) is 19.9 Å². The van der Waals surface area contributed by atoms with E-state index in [0.717, 1.165) is 11.3 Å². The Morgan fingerprint density at radius 2 is 2.00 bits per heavy atom. The van der Waals surface area contributed by atoms with E-state index < -0.39 is 0 Å². The van der Waals surface area contributed by atoms with Crippen LogP contribution in [-0.4, -0.2) is 6.21 Å². The van der Waals surface area contributed by atoms with Gasteiger partial charge in [0.25, 0.3) is 0 Å². The molecule has 0 heterocycles. The van der Waals surface area contributed by atoms with Gasteiger partial charge in [0, 0.05) is 11.2 Å². The predicted octanol–water partition coefficient (Wildman–Crippen LogP) is 4.02. The lowest BCUT2D eigenvalue weighted by Crippen LogP contribution is -1.77. The Morgan fingerprint density at radius 1 is 1.33 bits per heavy atom. The van der Waals surface area contributed by atoms with Crippen molar-refractivity contribution in [3.05, 3.63) is 27.7 Å². The maximum atomic E-state index is 5.92. The number of benzene rings is 1. The minimum absolute atomic E-state index is 0.595. The molecular weight excluding hydrogens is 193 g/mol. The molecule has 0 bridgehead atoms. The van der Waals surface area contributed by atoms with E-state index in [1.54, 1.807) is 12.3 Å². The topological polar surface area (TPSA) is 12.4 Å². The third-order valence-corrected chi connectivity index (χ3v) is 1.98. The van der Waals surface area contributed by atoms with Gasteiger partial charge in [-0.15, -0.1) is 0 Å². The number of aliphatic imine (C=N–C) groups is 1. The van der Waals surface area contributed by atoms with Crippen LogP contribution in [0.4, 0.5) is 5.69 Å². The summed E-state index contributed by atoms with van der Waals surface area (Å²) in [5.74, 6) is 0. The summed E-state index contributed by atoms with van der Waals surface area (Å²) in [5.41, 5.74) is 1.79. The van der Waals surface area contributed by atoms with Crippen LogP contribution in [-0.2, 0) is 0 Å². The summed E-state index contributed by atoms with van der Waals surface area (Å²) < 4.78 is 0. The minimum atomic E-state index is 0.595. The quantitative estimate of drug-likeness (QED) is 0.609. The van der Waals surface area contributed by atoms with Gasteiger partial charge in [-0.2, -0.15) is 0 Å². The third-order valence-electron chi connectivity index (χ3n) is 1.48. The van der Waals surface area contributed by atoms with Gasteiger partial charge in [-0.1, -0.05) is 23.2 Å². The summed E-state index contributed by atoms with van der Waals surface area (Å²) >= 11 is 11.7. The molecule has 0 fully saturated rings. The maximum Gasteiger partial charge on any atom is 0.0841 e. The summed E-state index contributed by atoms with van der Waals surface area (Å²) in [6.07, 6.45) is 1.71. The van der Waals surface area contributed by atoms with Gasteiger partial charge in [-0.05, 0) is 31.5 Å². The molecular formula is C9H9Cl2N. The van der Waals surface area contributed by atoms with Crippen LogP contribution in [0.5, 0.6) is 0 Å². The van der Waals surface area contributed by atoms with Crippen molar-refractivity contribution >= 4 is 35.1 Å². The van der Waals surface area contributed by atoms with E-state index >= 15 is 0 Å². The van der Waals surface area contributed by atoms with E-state index in [9.17, 15) is 0 Å². The number of hydrogen-bond donors (Lipinski definition) is 0. The van der Waals surface area contributed by atoms with Crippen molar-refractivity contribution in [2.45, 2.75) is 13.8 Å². The number of hydrogen-bond acceptors (Lipinski definition) is 1. The number of nitrogens with zero attached hydrogens (tertiary/aromatic N) is 1. The zero-order valence-electron chi connectivity index (χ0n) is 6.94. The van der Waals surface area contributed by atoms with Crippen molar-refractivity contribution < 1.29 is 0 Å². The van der Waals surface area contributed by atoms with E-state index in [0.29, 0.717) is 10.0 Å². The first-order valence-corrected chi connectivity index (χ1v) is 4.35. The van der Waals surface area contributed by atoms with E-state index in [4.69, 9.17) is 23.2 Å². The lowest BCUT2D eigenvalue weighted by atomic mass is 10.2. The number of aryl methyl sites for hydroxylation is 1. The first-order valence-electron chi connectivity index (χ1n) is 3.59. The lowest BCUT2D eigenvalue weighted by molar-refractivity contribution is 1.40. The fourth-order valence-electron chi connectivity index (χ4n) is 0.987. The summed E-state index contributed by atoms with van der Waals surface area (Å²) in [6, 6.07) is 3.54. The molecule has 64 valence electrons. The molecule has 0 saturated heterocycles. The Bertz CT molecular complexity index is 295. The van der Waals surface area contributed by atoms with Crippen LogP contribution in [0.2, 0.25) is 10.0 Å². The van der Waals surface area contributed by atoms with Gasteiger partial charge in [0.2, 0.25) is 0 Å². The molecule has 1 aromatic carbocycles. The Kier molecular flexibility index (Phi) is 3.12. The maximum absolute atomic E-state index is 5.92. The zero-order chi connectivity index (χ0) is 9.14. The molecule has 0 aliphatic carbocycles. The van der Waals surface area contributed by atoms with Gasteiger partial charge in [-0.3, -0.25) is 4.99 Å². The van der Waals surface area contributed by atoms with Crippen LogP contribution in [0.1, 0.15) is 12.5 Å². The average Bonchev–Trinajstić information content (AvgIpc) is 1.96. The fourth-order valence-corrected chi connectivity index (χ4v) is 1.63.